The van der Waals surface area contributed by atoms with Crippen molar-refractivity contribution in [1.82, 2.24) is 0 Å². The predicted molar refractivity (Wildman–Crippen MR) is 109 cm³/mol. The van der Waals surface area contributed by atoms with Gasteiger partial charge in [0, 0.05) is 6.42 Å². The first-order chi connectivity index (χ1) is 12.6. The molecule has 0 aliphatic heterocycles. The van der Waals surface area contributed by atoms with Crippen LogP contribution >= 0.6 is 0 Å². The summed E-state index contributed by atoms with van der Waals surface area (Å²) in [5.41, 5.74) is 1.56. The van der Waals surface area contributed by atoms with Gasteiger partial charge >= 0.3 is 5.97 Å². The highest BCUT2D eigenvalue weighted by atomic mass is 16.4. The second kappa shape index (κ2) is 10.7. The molecule has 0 saturated heterocycles. The molecule has 1 N–H and O–H groups in total. The number of aliphatic carboxylic acids is 1. The molecule has 0 aromatic heterocycles. The van der Waals surface area contributed by atoms with Gasteiger partial charge in [0.05, 0.1) is 0 Å². The normalized spacial score (nSPS) is 19.0. The van der Waals surface area contributed by atoms with Crippen molar-refractivity contribution in [3.05, 3.63) is 35.9 Å². The number of carboxylic acids is 1. The fourth-order valence-corrected chi connectivity index (χ4v) is 5.13. The summed E-state index contributed by atoms with van der Waals surface area (Å²) in [6, 6.07) is 10.8. The molecule has 2 nitrogen and oxygen atoms in total. The zero-order valence-electron chi connectivity index (χ0n) is 16.9. The summed E-state index contributed by atoms with van der Waals surface area (Å²) in [6.07, 6.45) is 13.6. The van der Waals surface area contributed by atoms with Crippen LogP contribution in [0.25, 0.3) is 0 Å². The minimum absolute atomic E-state index is 0.178. The first kappa shape index (κ1) is 21.0. The summed E-state index contributed by atoms with van der Waals surface area (Å²) < 4.78 is 0. The van der Waals surface area contributed by atoms with E-state index in [4.69, 9.17) is 0 Å². The van der Waals surface area contributed by atoms with Gasteiger partial charge in [0.1, 0.15) is 0 Å². The summed E-state index contributed by atoms with van der Waals surface area (Å²) in [4.78, 5) is 11.7. The number of carboxylic acid groups (broad SMARTS) is 1. The lowest BCUT2D eigenvalue weighted by Gasteiger charge is -2.45. The lowest BCUT2D eigenvalue weighted by atomic mass is 9.60. The van der Waals surface area contributed by atoms with Crippen LogP contribution in [-0.4, -0.2) is 11.1 Å². The summed E-state index contributed by atoms with van der Waals surface area (Å²) >= 11 is 0. The Hall–Kier alpha value is -1.31. The van der Waals surface area contributed by atoms with Gasteiger partial charge in [-0.15, -0.1) is 0 Å². The smallest absolute Gasteiger partial charge is 0.303 e. The Bertz CT molecular complexity index is 516. The molecule has 146 valence electrons. The predicted octanol–water partition coefficient (Wildman–Crippen LogP) is 6.88. The maximum absolute atomic E-state index is 11.7. The summed E-state index contributed by atoms with van der Waals surface area (Å²) in [5, 5.41) is 9.66. The largest absolute Gasteiger partial charge is 0.481 e. The fraction of sp³-hybridized carbons (Fsp3) is 0.708. The summed E-state index contributed by atoms with van der Waals surface area (Å²) in [6.45, 7) is 4.53. The Kier molecular flexibility index (Phi) is 8.68. The third kappa shape index (κ3) is 6.14. The Morgan fingerprint density at radius 2 is 1.81 bits per heavy atom. The maximum Gasteiger partial charge on any atom is 0.303 e. The fourth-order valence-electron chi connectivity index (χ4n) is 5.13. The number of hydrogen-bond donors (Lipinski definition) is 1. The summed E-state index contributed by atoms with van der Waals surface area (Å²) in [5.74, 6) is 0.370. The zero-order chi connectivity index (χ0) is 18.8. The average molecular weight is 359 g/mol. The van der Waals surface area contributed by atoms with E-state index in [1.165, 1.54) is 63.4 Å². The number of carbonyl (C=O) groups is 1. The Morgan fingerprint density at radius 1 is 1.12 bits per heavy atom. The van der Waals surface area contributed by atoms with Crippen LogP contribution in [0, 0.1) is 17.3 Å². The molecule has 0 spiro atoms. The van der Waals surface area contributed by atoms with Crippen LogP contribution in [0.4, 0.5) is 0 Å². The topological polar surface area (TPSA) is 37.3 Å². The van der Waals surface area contributed by atoms with Crippen LogP contribution in [-0.2, 0) is 11.2 Å². The van der Waals surface area contributed by atoms with Crippen LogP contribution in [0.2, 0.25) is 0 Å². The van der Waals surface area contributed by atoms with Gasteiger partial charge in [0.25, 0.3) is 0 Å². The van der Waals surface area contributed by atoms with Gasteiger partial charge in [-0.05, 0) is 48.5 Å². The van der Waals surface area contributed by atoms with Gasteiger partial charge in [-0.3, -0.25) is 4.79 Å². The third-order valence-corrected chi connectivity index (χ3v) is 6.70. The zero-order valence-corrected chi connectivity index (χ0v) is 16.9. The van der Waals surface area contributed by atoms with Gasteiger partial charge in [-0.1, -0.05) is 89.1 Å². The van der Waals surface area contributed by atoms with Crippen molar-refractivity contribution in [3.63, 3.8) is 0 Å². The van der Waals surface area contributed by atoms with E-state index in [1.807, 2.05) is 0 Å². The van der Waals surface area contributed by atoms with Crippen molar-refractivity contribution in [2.45, 2.75) is 90.9 Å². The number of benzene rings is 1. The van der Waals surface area contributed by atoms with Crippen molar-refractivity contribution in [1.29, 1.82) is 0 Å². The number of hydrogen-bond acceptors (Lipinski definition) is 1. The van der Waals surface area contributed by atoms with E-state index in [1.54, 1.807) is 0 Å². The SMILES string of the molecule is CCCCC(CC)CC(CC(=O)O)C1(Cc2ccccc2)CCCCC1. The lowest BCUT2D eigenvalue weighted by molar-refractivity contribution is -0.140. The molecule has 0 heterocycles. The Labute approximate surface area is 160 Å². The van der Waals surface area contributed by atoms with Gasteiger partial charge < -0.3 is 5.11 Å². The van der Waals surface area contributed by atoms with Crippen LogP contribution < -0.4 is 0 Å². The molecule has 0 radical (unpaired) electrons. The molecule has 1 saturated carbocycles. The standard InChI is InChI=1S/C24H38O2/c1-3-5-12-20(4-2)17-22(18-23(25)26)24(15-10-7-11-16-24)19-21-13-8-6-9-14-21/h6,8-9,13-14,20,22H,3-5,7,10-12,15-19H2,1-2H3,(H,25,26). The van der Waals surface area contributed by atoms with Crippen LogP contribution in [0.1, 0.15) is 90.0 Å². The van der Waals surface area contributed by atoms with E-state index in [-0.39, 0.29) is 5.41 Å². The highest BCUT2D eigenvalue weighted by molar-refractivity contribution is 5.67. The molecular weight excluding hydrogens is 320 g/mol. The molecular formula is C24H38O2. The molecule has 1 aliphatic rings. The van der Waals surface area contributed by atoms with Crippen LogP contribution in [0.3, 0.4) is 0 Å². The van der Waals surface area contributed by atoms with Crippen LogP contribution in [0.5, 0.6) is 0 Å². The number of rotatable bonds is 11. The molecule has 1 aromatic rings. The molecule has 2 heteroatoms. The monoisotopic (exact) mass is 358 g/mol. The first-order valence-corrected chi connectivity index (χ1v) is 10.9. The Morgan fingerprint density at radius 3 is 2.38 bits per heavy atom. The maximum atomic E-state index is 11.7. The third-order valence-electron chi connectivity index (χ3n) is 6.70. The Balaban J connectivity index is 2.23. The van der Waals surface area contributed by atoms with Gasteiger partial charge in [-0.2, -0.15) is 0 Å². The first-order valence-electron chi connectivity index (χ1n) is 10.9. The van der Waals surface area contributed by atoms with Crippen molar-refractivity contribution < 1.29 is 9.90 Å². The van der Waals surface area contributed by atoms with E-state index < -0.39 is 5.97 Å². The van der Waals surface area contributed by atoms with Gasteiger partial charge in [0.2, 0.25) is 0 Å². The molecule has 1 fully saturated rings. The van der Waals surface area contributed by atoms with E-state index in [9.17, 15) is 9.90 Å². The average Bonchev–Trinajstić information content (AvgIpc) is 2.65. The van der Waals surface area contributed by atoms with Crippen molar-refractivity contribution in [2.24, 2.45) is 17.3 Å². The van der Waals surface area contributed by atoms with E-state index >= 15 is 0 Å². The van der Waals surface area contributed by atoms with Crippen molar-refractivity contribution in [2.75, 3.05) is 0 Å². The van der Waals surface area contributed by atoms with Crippen LogP contribution in [0.15, 0.2) is 30.3 Å². The highest BCUT2D eigenvalue weighted by Gasteiger charge is 2.41. The molecule has 2 rings (SSSR count). The van der Waals surface area contributed by atoms with Gasteiger partial charge in [-0.25, -0.2) is 0 Å². The van der Waals surface area contributed by atoms with Gasteiger partial charge in [0.15, 0.2) is 0 Å². The minimum atomic E-state index is -0.613. The number of unbranched alkanes of at least 4 members (excludes halogenated alkanes) is 1. The molecule has 2 atom stereocenters. The molecule has 1 aromatic carbocycles. The second-order valence-electron chi connectivity index (χ2n) is 8.53. The molecule has 26 heavy (non-hydrogen) atoms. The molecule has 1 aliphatic carbocycles. The summed E-state index contributed by atoms with van der Waals surface area (Å²) in [7, 11) is 0. The highest BCUT2D eigenvalue weighted by Crippen LogP contribution is 2.49. The second-order valence-corrected chi connectivity index (χ2v) is 8.53. The lowest BCUT2D eigenvalue weighted by Crippen LogP contribution is -2.37. The van der Waals surface area contributed by atoms with E-state index in [0.29, 0.717) is 18.3 Å². The van der Waals surface area contributed by atoms with Crippen molar-refractivity contribution >= 4 is 5.97 Å². The molecule has 2 unspecified atom stereocenters. The minimum Gasteiger partial charge on any atom is -0.481 e. The van der Waals surface area contributed by atoms with E-state index in [0.717, 1.165) is 12.8 Å². The quantitative estimate of drug-likeness (QED) is 0.468. The molecule has 0 bridgehead atoms. The molecule has 0 amide bonds. The van der Waals surface area contributed by atoms with E-state index in [2.05, 4.69) is 44.2 Å². The van der Waals surface area contributed by atoms with Crippen molar-refractivity contribution in [3.8, 4) is 0 Å².